The fraction of sp³-hybridized carbons (Fsp3) is 0.818. The van der Waals surface area contributed by atoms with Gasteiger partial charge in [-0.3, -0.25) is 4.79 Å². The number of hydrogen-bond acceptors (Lipinski definition) is 4. The highest BCUT2D eigenvalue weighted by Crippen LogP contribution is 2.64. The first-order valence-electron chi connectivity index (χ1n) is 5.25. The first-order valence-corrected chi connectivity index (χ1v) is 6.00. The normalized spacial score (nSPS) is 26.2. The lowest BCUT2D eigenvalue weighted by atomic mass is 10.1. The smallest absolute Gasteiger partial charge is 0.344 e. The zero-order chi connectivity index (χ0) is 13.5. The second-order valence-electron chi connectivity index (χ2n) is 5.38. The molecule has 1 atom stereocenters. The molecule has 4 nitrogen and oxygen atoms in total. The maximum Gasteiger partial charge on any atom is 0.344 e. The van der Waals surface area contributed by atoms with E-state index >= 15 is 0 Å². The minimum atomic E-state index is -1.09. The summed E-state index contributed by atoms with van der Waals surface area (Å²) in [5.74, 6) is -1.17. The molecule has 1 aliphatic carbocycles. The summed E-state index contributed by atoms with van der Waals surface area (Å²) in [6.07, 6.45) is 0.330. The molecule has 1 aliphatic rings. The van der Waals surface area contributed by atoms with E-state index in [1.54, 1.807) is 27.7 Å². The van der Waals surface area contributed by atoms with Crippen LogP contribution in [0.25, 0.3) is 0 Å². The lowest BCUT2D eigenvalue weighted by Crippen LogP contribution is -2.29. The van der Waals surface area contributed by atoms with E-state index in [1.165, 1.54) is 0 Å². The molecule has 0 aromatic heterocycles. The van der Waals surface area contributed by atoms with Crippen molar-refractivity contribution in [2.24, 2.45) is 5.41 Å². The summed E-state index contributed by atoms with van der Waals surface area (Å²) in [5.41, 5.74) is -1.52. The largest absolute Gasteiger partial charge is 0.457 e. The second kappa shape index (κ2) is 4.32. The van der Waals surface area contributed by atoms with Crippen LogP contribution in [0.3, 0.4) is 0 Å². The summed E-state index contributed by atoms with van der Waals surface area (Å²) in [6.45, 7) is 6.38. The monoisotopic (exact) mass is 282 g/mol. The maximum atomic E-state index is 11.6. The van der Waals surface area contributed by atoms with Crippen LogP contribution in [-0.4, -0.2) is 28.5 Å². The van der Waals surface area contributed by atoms with Crippen molar-refractivity contribution in [1.82, 2.24) is 0 Å². The van der Waals surface area contributed by atoms with Crippen LogP contribution >= 0.6 is 23.2 Å². The molecule has 0 N–H and O–H groups in total. The molecule has 0 aliphatic heterocycles. The van der Waals surface area contributed by atoms with Gasteiger partial charge >= 0.3 is 11.9 Å². The maximum absolute atomic E-state index is 11.6. The molecule has 0 spiro atoms. The molecular formula is C11H16Cl2O4. The SMILES string of the molecule is CC(C)(C)OC(=O)COC(=O)C1(C)CC1(Cl)Cl. The predicted octanol–water partition coefficient (Wildman–Crippen LogP) is 2.46. The highest BCUT2D eigenvalue weighted by atomic mass is 35.5. The van der Waals surface area contributed by atoms with Crippen LogP contribution in [0.2, 0.25) is 0 Å². The molecule has 0 aromatic rings. The van der Waals surface area contributed by atoms with Gasteiger partial charge in [-0.1, -0.05) is 0 Å². The van der Waals surface area contributed by atoms with Gasteiger partial charge in [0.1, 0.15) is 15.3 Å². The van der Waals surface area contributed by atoms with E-state index in [1.807, 2.05) is 0 Å². The predicted molar refractivity (Wildman–Crippen MR) is 64.0 cm³/mol. The Balaban J connectivity index is 2.38. The molecule has 98 valence electrons. The van der Waals surface area contributed by atoms with Gasteiger partial charge in [0.2, 0.25) is 0 Å². The summed E-state index contributed by atoms with van der Waals surface area (Å²) < 4.78 is 8.74. The Bertz CT molecular complexity index is 346. The molecule has 6 heteroatoms. The molecule has 0 radical (unpaired) electrons. The number of rotatable bonds is 3. The van der Waals surface area contributed by atoms with Crippen LogP contribution in [0, 0.1) is 5.41 Å². The van der Waals surface area contributed by atoms with E-state index in [4.69, 9.17) is 32.7 Å². The zero-order valence-electron chi connectivity index (χ0n) is 10.3. The van der Waals surface area contributed by atoms with E-state index in [-0.39, 0.29) is 0 Å². The zero-order valence-corrected chi connectivity index (χ0v) is 11.8. The van der Waals surface area contributed by atoms with Crippen molar-refractivity contribution in [3.05, 3.63) is 0 Å². The molecule has 17 heavy (non-hydrogen) atoms. The van der Waals surface area contributed by atoms with Crippen LogP contribution in [-0.2, 0) is 19.1 Å². The number of ether oxygens (including phenoxy) is 2. The van der Waals surface area contributed by atoms with Crippen LogP contribution < -0.4 is 0 Å². The third kappa shape index (κ3) is 3.49. The number of carbonyl (C=O) groups excluding carboxylic acids is 2. The van der Waals surface area contributed by atoms with Gasteiger partial charge in [-0.05, 0) is 27.7 Å². The van der Waals surface area contributed by atoms with E-state index in [0.717, 1.165) is 0 Å². The van der Waals surface area contributed by atoms with Gasteiger partial charge in [-0.15, -0.1) is 23.2 Å². The van der Waals surface area contributed by atoms with Crippen LogP contribution in [0.15, 0.2) is 0 Å². The standard InChI is InChI=1S/C11H16Cl2O4/c1-9(2,3)17-7(14)5-16-8(15)10(4)6-11(10,12)13/h5-6H2,1-4H3. The van der Waals surface area contributed by atoms with Crippen molar-refractivity contribution in [2.45, 2.75) is 44.1 Å². The molecule has 1 unspecified atom stereocenters. The Morgan fingerprint density at radius 1 is 1.29 bits per heavy atom. The van der Waals surface area contributed by atoms with Crippen molar-refractivity contribution < 1.29 is 19.1 Å². The first kappa shape index (κ1) is 14.6. The van der Waals surface area contributed by atoms with Gasteiger partial charge in [-0.25, -0.2) is 4.79 Å². The number of hydrogen-bond donors (Lipinski definition) is 0. The summed E-state index contributed by atoms with van der Waals surface area (Å²) in [6, 6.07) is 0. The fourth-order valence-corrected chi connectivity index (χ4v) is 1.96. The fourth-order valence-electron chi connectivity index (χ4n) is 1.28. The van der Waals surface area contributed by atoms with Crippen LogP contribution in [0.5, 0.6) is 0 Å². The molecule has 1 fully saturated rings. The molecular weight excluding hydrogens is 267 g/mol. The number of halogens is 2. The van der Waals surface area contributed by atoms with E-state index in [0.29, 0.717) is 6.42 Å². The lowest BCUT2D eigenvalue weighted by molar-refractivity contribution is -0.168. The summed E-state index contributed by atoms with van der Waals surface area (Å²) >= 11 is 11.6. The van der Waals surface area contributed by atoms with Crippen molar-refractivity contribution in [2.75, 3.05) is 6.61 Å². The van der Waals surface area contributed by atoms with Gasteiger partial charge in [0.15, 0.2) is 6.61 Å². The minimum Gasteiger partial charge on any atom is -0.457 e. The topological polar surface area (TPSA) is 52.6 Å². The summed E-state index contributed by atoms with van der Waals surface area (Å²) in [4.78, 5) is 22.9. The molecule has 0 aromatic carbocycles. The highest BCUT2D eigenvalue weighted by Gasteiger charge is 2.69. The van der Waals surface area contributed by atoms with Gasteiger partial charge < -0.3 is 9.47 Å². The molecule has 1 rings (SSSR count). The van der Waals surface area contributed by atoms with Crippen molar-refractivity contribution in [3.8, 4) is 0 Å². The Kier molecular flexibility index (Phi) is 3.71. The van der Waals surface area contributed by atoms with Crippen LogP contribution in [0.1, 0.15) is 34.1 Å². The Morgan fingerprint density at radius 3 is 2.12 bits per heavy atom. The van der Waals surface area contributed by atoms with Crippen LogP contribution in [0.4, 0.5) is 0 Å². The average Bonchev–Trinajstić information content (AvgIpc) is 2.60. The second-order valence-corrected chi connectivity index (χ2v) is 6.86. The Hall–Kier alpha value is -0.480. The third-order valence-electron chi connectivity index (χ3n) is 2.45. The molecule has 0 bridgehead atoms. The molecule has 0 amide bonds. The van der Waals surface area contributed by atoms with Gasteiger partial charge in [0.05, 0.1) is 0 Å². The number of alkyl halides is 2. The summed E-state index contributed by atoms with van der Waals surface area (Å²) in [7, 11) is 0. The third-order valence-corrected chi connectivity index (χ3v) is 3.55. The highest BCUT2D eigenvalue weighted by molar-refractivity contribution is 6.53. The van der Waals surface area contributed by atoms with Gasteiger partial charge in [0.25, 0.3) is 0 Å². The number of carbonyl (C=O) groups is 2. The van der Waals surface area contributed by atoms with Crippen molar-refractivity contribution in [3.63, 3.8) is 0 Å². The first-order chi connectivity index (χ1) is 7.48. The summed E-state index contributed by atoms with van der Waals surface area (Å²) in [5, 5.41) is 0. The Labute approximate surface area is 111 Å². The number of esters is 2. The average molecular weight is 283 g/mol. The van der Waals surface area contributed by atoms with E-state index in [2.05, 4.69) is 0 Å². The van der Waals surface area contributed by atoms with Gasteiger partial charge in [-0.2, -0.15) is 0 Å². The molecule has 1 saturated carbocycles. The van der Waals surface area contributed by atoms with E-state index < -0.39 is 33.9 Å². The molecule has 0 heterocycles. The quantitative estimate of drug-likeness (QED) is 0.589. The minimum absolute atomic E-state index is 0.330. The van der Waals surface area contributed by atoms with Crippen molar-refractivity contribution in [1.29, 1.82) is 0 Å². The molecule has 0 saturated heterocycles. The lowest BCUT2D eigenvalue weighted by Gasteiger charge is -2.19. The van der Waals surface area contributed by atoms with Gasteiger partial charge in [0, 0.05) is 6.42 Å². The Morgan fingerprint density at radius 2 is 1.76 bits per heavy atom. The van der Waals surface area contributed by atoms with E-state index in [9.17, 15) is 9.59 Å². The van der Waals surface area contributed by atoms with Crippen molar-refractivity contribution >= 4 is 35.1 Å².